The molecule has 1 aliphatic carbocycles. The van der Waals surface area contributed by atoms with Crippen LogP contribution in [0.2, 0.25) is 0 Å². The first kappa shape index (κ1) is 17.4. The summed E-state index contributed by atoms with van der Waals surface area (Å²) in [5.41, 5.74) is 1.53. The van der Waals surface area contributed by atoms with Crippen molar-refractivity contribution < 1.29 is 14.6 Å². The predicted octanol–water partition coefficient (Wildman–Crippen LogP) is 3.04. The van der Waals surface area contributed by atoms with Crippen LogP contribution in [0.25, 0.3) is 0 Å². The van der Waals surface area contributed by atoms with Crippen molar-refractivity contribution in [1.82, 2.24) is 9.88 Å². The van der Waals surface area contributed by atoms with E-state index in [0.29, 0.717) is 18.2 Å². The minimum Gasteiger partial charge on any atom is -0.490 e. The second-order valence-corrected chi connectivity index (χ2v) is 6.36. The molecule has 0 spiro atoms. The molecular formula is C20H24N2O3. The Labute approximate surface area is 148 Å². The van der Waals surface area contributed by atoms with Gasteiger partial charge in [-0.25, -0.2) is 0 Å². The second-order valence-electron chi connectivity index (χ2n) is 6.36. The highest BCUT2D eigenvalue weighted by Crippen LogP contribution is 2.24. The van der Waals surface area contributed by atoms with Gasteiger partial charge in [0.25, 0.3) is 5.91 Å². The van der Waals surface area contributed by atoms with E-state index in [1.165, 1.54) is 12.8 Å². The maximum absolute atomic E-state index is 12.7. The van der Waals surface area contributed by atoms with Gasteiger partial charge in [-0.3, -0.25) is 9.78 Å². The van der Waals surface area contributed by atoms with Gasteiger partial charge in [0.05, 0.1) is 12.7 Å². The van der Waals surface area contributed by atoms with Crippen molar-refractivity contribution in [3.05, 3.63) is 59.9 Å². The molecule has 5 nitrogen and oxygen atoms in total. The van der Waals surface area contributed by atoms with Crippen LogP contribution in [-0.2, 0) is 6.54 Å². The lowest BCUT2D eigenvalue weighted by atomic mass is 10.1. The quantitative estimate of drug-likeness (QED) is 0.841. The predicted molar refractivity (Wildman–Crippen MR) is 95.4 cm³/mol. The number of aromatic nitrogens is 1. The zero-order valence-electron chi connectivity index (χ0n) is 14.3. The van der Waals surface area contributed by atoms with Gasteiger partial charge in [-0.15, -0.1) is 0 Å². The van der Waals surface area contributed by atoms with E-state index in [-0.39, 0.29) is 19.1 Å². The number of nitrogens with zero attached hydrogens (tertiary/aromatic N) is 2. The van der Waals surface area contributed by atoms with E-state index in [0.717, 1.165) is 24.2 Å². The smallest absolute Gasteiger partial charge is 0.254 e. The normalized spacial score (nSPS) is 14.4. The molecule has 1 aliphatic rings. The van der Waals surface area contributed by atoms with E-state index in [4.69, 9.17) is 4.74 Å². The van der Waals surface area contributed by atoms with Gasteiger partial charge in [0.15, 0.2) is 0 Å². The second kappa shape index (κ2) is 8.62. The Bertz CT molecular complexity index is 667. The summed E-state index contributed by atoms with van der Waals surface area (Å²) in [5, 5.41) is 9.28. The summed E-state index contributed by atoms with van der Waals surface area (Å²) < 4.78 is 5.94. The molecule has 1 saturated carbocycles. The molecule has 0 bridgehead atoms. The summed E-state index contributed by atoms with van der Waals surface area (Å²) in [6.07, 6.45) is 8.41. The lowest BCUT2D eigenvalue weighted by molar-refractivity contribution is 0.0707. The van der Waals surface area contributed by atoms with Gasteiger partial charge in [0.1, 0.15) is 5.75 Å². The number of amides is 1. The van der Waals surface area contributed by atoms with Crippen LogP contribution in [0.15, 0.2) is 48.8 Å². The number of carbonyl (C=O) groups is 1. The van der Waals surface area contributed by atoms with Gasteiger partial charge in [-0.2, -0.15) is 0 Å². The molecule has 1 aromatic heterocycles. The molecule has 0 atom stereocenters. The summed E-state index contributed by atoms with van der Waals surface area (Å²) in [7, 11) is 0. The number of ether oxygens (including phenoxy) is 1. The molecule has 0 saturated heterocycles. The Morgan fingerprint density at radius 3 is 2.60 bits per heavy atom. The summed E-state index contributed by atoms with van der Waals surface area (Å²) >= 11 is 0. The zero-order valence-corrected chi connectivity index (χ0v) is 14.3. The standard InChI is InChI=1S/C20H24N2O3/c23-13-12-22(15-16-4-3-11-21-14-16)20(24)17-7-9-19(10-8-17)25-18-5-1-2-6-18/h3-4,7-11,14,18,23H,1-2,5-6,12-13,15H2. The Balaban J connectivity index is 1.66. The van der Waals surface area contributed by atoms with Crippen molar-refractivity contribution in [2.45, 2.75) is 38.3 Å². The van der Waals surface area contributed by atoms with Gasteiger partial charge >= 0.3 is 0 Å². The lowest BCUT2D eigenvalue weighted by Crippen LogP contribution is -2.33. The average Bonchev–Trinajstić information content (AvgIpc) is 3.15. The number of rotatable bonds is 7. The molecule has 1 heterocycles. The molecule has 132 valence electrons. The van der Waals surface area contributed by atoms with Crippen molar-refractivity contribution in [1.29, 1.82) is 0 Å². The van der Waals surface area contributed by atoms with Crippen LogP contribution in [0.1, 0.15) is 41.6 Å². The molecule has 0 radical (unpaired) electrons. The van der Waals surface area contributed by atoms with Crippen LogP contribution in [0.3, 0.4) is 0 Å². The van der Waals surface area contributed by atoms with Crippen LogP contribution in [0.4, 0.5) is 0 Å². The first-order chi connectivity index (χ1) is 12.3. The van der Waals surface area contributed by atoms with E-state index in [1.54, 1.807) is 29.4 Å². The molecule has 25 heavy (non-hydrogen) atoms. The molecule has 0 unspecified atom stereocenters. The molecule has 1 N–H and O–H groups in total. The average molecular weight is 340 g/mol. The number of hydrogen-bond acceptors (Lipinski definition) is 4. The molecule has 2 aromatic rings. The number of carbonyl (C=O) groups excluding carboxylic acids is 1. The third kappa shape index (κ3) is 4.79. The molecule has 1 aromatic carbocycles. The van der Waals surface area contributed by atoms with Gasteiger partial charge in [0, 0.05) is 31.0 Å². The molecule has 3 rings (SSSR count). The minimum atomic E-state index is -0.106. The Morgan fingerprint density at radius 1 is 1.20 bits per heavy atom. The summed E-state index contributed by atoms with van der Waals surface area (Å²) in [4.78, 5) is 18.5. The van der Waals surface area contributed by atoms with E-state index in [1.807, 2.05) is 24.3 Å². The Hall–Kier alpha value is -2.40. The van der Waals surface area contributed by atoms with E-state index in [2.05, 4.69) is 4.98 Å². The number of aliphatic hydroxyl groups excluding tert-OH is 1. The Kier molecular flexibility index (Phi) is 6.01. The van der Waals surface area contributed by atoms with Crippen LogP contribution in [0, 0.1) is 0 Å². The number of hydrogen-bond donors (Lipinski definition) is 1. The van der Waals surface area contributed by atoms with Crippen LogP contribution < -0.4 is 4.74 Å². The summed E-state index contributed by atoms with van der Waals surface area (Å²) in [6, 6.07) is 11.1. The highest BCUT2D eigenvalue weighted by molar-refractivity contribution is 5.94. The third-order valence-corrected chi connectivity index (χ3v) is 4.46. The topological polar surface area (TPSA) is 62.7 Å². The van der Waals surface area contributed by atoms with Crippen molar-refractivity contribution in [3.63, 3.8) is 0 Å². The van der Waals surface area contributed by atoms with Crippen molar-refractivity contribution >= 4 is 5.91 Å². The fourth-order valence-electron chi connectivity index (χ4n) is 3.14. The van der Waals surface area contributed by atoms with Gasteiger partial charge in [0.2, 0.25) is 0 Å². The molecular weight excluding hydrogens is 316 g/mol. The van der Waals surface area contributed by atoms with Crippen molar-refractivity contribution in [3.8, 4) is 5.75 Å². The van der Waals surface area contributed by atoms with E-state index >= 15 is 0 Å². The molecule has 1 fully saturated rings. The van der Waals surface area contributed by atoms with Crippen molar-refractivity contribution in [2.24, 2.45) is 0 Å². The zero-order chi connectivity index (χ0) is 17.5. The fraction of sp³-hybridized carbons (Fsp3) is 0.400. The van der Waals surface area contributed by atoms with Crippen LogP contribution in [0.5, 0.6) is 5.75 Å². The fourth-order valence-corrected chi connectivity index (χ4v) is 3.14. The molecule has 5 heteroatoms. The maximum Gasteiger partial charge on any atom is 0.254 e. The minimum absolute atomic E-state index is 0.0745. The van der Waals surface area contributed by atoms with Gasteiger partial charge < -0.3 is 14.7 Å². The highest BCUT2D eigenvalue weighted by Gasteiger charge is 2.18. The third-order valence-electron chi connectivity index (χ3n) is 4.46. The highest BCUT2D eigenvalue weighted by atomic mass is 16.5. The summed E-state index contributed by atoms with van der Waals surface area (Å²) in [6.45, 7) is 0.635. The van der Waals surface area contributed by atoms with Crippen molar-refractivity contribution in [2.75, 3.05) is 13.2 Å². The van der Waals surface area contributed by atoms with E-state index < -0.39 is 0 Å². The van der Waals surface area contributed by atoms with E-state index in [9.17, 15) is 9.90 Å². The lowest BCUT2D eigenvalue weighted by Gasteiger charge is -2.22. The maximum atomic E-state index is 12.7. The van der Waals surface area contributed by atoms with Crippen LogP contribution >= 0.6 is 0 Å². The monoisotopic (exact) mass is 340 g/mol. The first-order valence-corrected chi connectivity index (χ1v) is 8.82. The number of benzene rings is 1. The Morgan fingerprint density at radius 2 is 1.96 bits per heavy atom. The molecule has 1 amide bonds. The first-order valence-electron chi connectivity index (χ1n) is 8.82. The van der Waals surface area contributed by atoms with Crippen LogP contribution in [-0.4, -0.2) is 40.2 Å². The number of pyridine rings is 1. The SMILES string of the molecule is O=C(c1ccc(OC2CCCC2)cc1)N(CCO)Cc1cccnc1. The molecule has 0 aliphatic heterocycles. The van der Waals surface area contributed by atoms with Gasteiger partial charge in [-0.1, -0.05) is 6.07 Å². The summed E-state index contributed by atoms with van der Waals surface area (Å²) in [5.74, 6) is 0.703. The largest absolute Gasteiger partial charge is 0.490 e. The number of aliphatic hydroxyl groups is 1. The van der Waals surface area contributed by atoms with Gasteiger partial charge in [-0.05, 0) is 61.6 Å².